The Morgan fingerprint density at radius 2 is 0.505 bits per heavy atom. The smallest absolute Gasteiger partial charge is 0.462 e. The van der Waals surface area contributed by atoms with Crippen LogP contribution in [0, 0.1) is 17.8 Å². The Labute approximate surface area is 619 Å². The molecule has 0 aromatic heterocycles. The van der Waals surface area contributed by atoms with Gasteiger partial charge in [-0.05, 0) is 43.4 Å². The molecule has 0 radical (unpaired) electrons. The number of aliphatic hydroxyl groups excluding tert-OH is 1. The first-order valence-corrected chi connectivity index (χ1v) is 45.4. The average Bonchev–Trinajstić information content (AvgIpc) is 1.21. The summed E-state index contributed by atoms with van der Waals surface area (Å²) in [4.78, 5) is 73.1. The van der Waals surface area contributed by atoms with Crippen LogP contribution in [0.5, 0.6) is 0 Å². The molecule has 0 aromatic rings. The van der Waals surface area contributed by atoms with Crippen LogP contribution in [-0.4, -0.2) is 96.7 Å². The molecule has 600 valence electrons. The second kappa shape index (κ2) is 72.3. The molecule has 7 atom stereocenters. The maximum absolute atomic E-state index is 13.1. The standard InChI is InChI=1S/C82H160O17P2/c1-8-11-12-13-14-15-16-21-29-36-44-51-58-65-81(86)99-78(70-93-80(85)64-57-50-43-38-31-32-39-46-53-60-73(4)5)72-97-101(90,91)95-68-76(83)67-94-100(88,89)96-71-77(98-82(87)66-59-52-45-37-30-25-20-18-23-27-34-41-48-55-62-75(7)10-3)69-92-79(84)63-56-49-42-35-28-24-19-17-22-26-33-40-47-54-61-74(6)9-2/h73-78,83H,8-72H2,1-7H3,(H,88,89)(H,90,91)/t74?,75?,76-,77-,78-/m1/s1. The number of ether oxygens (including phenoxy) is 4. The maximum atomic E-state index is 13.1. The highest BCUT2D eigenvalue weighted by molar-refractivity contribution is 7.47. The number of phosphoric acid groups is 2. The van der Waals surface area contributed by atoms with E-state index in [1.54, 1.807) is 0 Å². The van der Waals surface area contributed by atoms with E-state index >= 15 is 0 Å². The summed E-state index contributed by atoms with van der Waals surface area (Å²) in [6, 6.07) is 0. The van der Waals surface area contributed by atoms with Gasteiger partial charge in [-0.25, -0.2) is 9.13 Å². The summed E-state index contributed by atoms with van der Waals surface area (Å²) >= 11 is 0. The molecule has 0 spiro atoms. The Morgan fingerprint density at radius 1 is 0.287 bits per heavy atom. The highest BCUT2D eigenvalue weighted by Crippen LogP contribution is 2.45. The van der Waals surface area contributed by atoms with E-state index in [1.807, 2.05) is 0 Å². The van der Waals surface area contributed by atoms with Crippen molar-refractivity contribution in [3.05, 3.63) is 0 Å². The lowest BCUT2D eigenvalue weighted by molar-refractivity contribution is -0.161. The molecule has 0 saturated heterocycles. The van der Waals surface area contributed by atoms with Crippen LogP contribution in [0.25, 0.3) is 0 Å². The minimum atomic E-state index is -4.96. The molecule has 0 aliphatic heterocycles. The number of carbonyl (C=O) groups excluding carboxylic acids is 4. The Balaban J connectivity index is 5.26. The molecule has 0 amide bonds. The molecule has 19 heteroatoms. The Hall–Kier alpha value is -1.94. The van der Waals surface area contributed by atoms with Gasteiger partial charge in [0.05, 0.1) is 26.4 Å². The van der Waals surface area contributed by atoms with Crippen molar-refractivity contribution >= 4 is 39.5 Å². The first kappa shape index (κ1) is 99.1. The molecule has 3 N–H and O–H groups in total. The molecule has 0 fully saturated rings. The van der Waals surface area contributed by atoms with Gasteiger partial charge in [0.2, 0.25) is 0 Å². The quantitative estimate of drug-likeness (QED) is 0.0222. The number of rotatable bonds is 80. The van der Waals surface area contributed by atoms with Crippen LogP contribution < -0.4 is 0 Å². The fourth-order valence-electron chi connectivity index (χ4n) is 12.6. The third-order valence-electron chi connectivity index (χ3n) is 19.9. The van der Waals surface area contributed by atoms with Crippen molar-refractivity contribution in [1.29, 1.82) is 0 Å². The molecule has 101 heavy (non-hydrogen) atoms. The van der Waals surface area contributed by atoms with Gasteiger partial charge in [-0.3, -0.25) is 37.3 Å². The van der Waals surface area contributed by atoms with Crippen molar-refractivity contribution in [1.82, 2.24) is 0 Å². The van der Waals surface area contributed by atoms with Gasteiger partial charge in [-0.2, -0.15) is 0 Å². The minimum Gasteiger partial charge on any atom is -0.462 e. The Bertz CT molecular complexity index is 1960. The zero-order chi connectivity index (χ0) is 74.4. The average molecular weight is 1480 g/mol. The number of esters is 4. The van der Waals surface area contributed by atoms with Crippen LogP contribution >= 0.6 is 15.6 Å². The largest absolute Gasteiger partial charge is 0.472 e. The lowest BCUT2D eigenvalue weighted by Gasteiger charge is -2.21. The van der Waals surface area contributed by atoms with Gasteiger partial charge in [0, 0.05) is 25.7 Å². The molecular formula is C82H160O17P2. The Kier molecular flexibility index (Phi) is 70.9. The summed E-state index contributed by atoms with van der Waals surface area (Å²) < 4.78 is 68.8. The topological polar surface area (TPSA) is 237 Å². The zero-order valence-electron chi connectivity index (χ0n) is 66.4. The number of unbranched alkanes of at least 4 members (excludes halogenated alkanes) is 46. The molecule has 0 aliphatic carbocycles. The van der Waals surface area contributed by atoms with Crippen LogP contribution in [0.15, 0.2) is 0 Å². The lowest BCUT2D eigenvalue weighted by Crippen LogP contribution is -2.30. The summed E-state index contributed by atoms with van der Waals surface area (Å²) in [7, 11) is -9.92. The van der Waals surface area contributed by atoms with Gasteiger partial charge >= 0.3 is 39.5 Å². The van der Waals surface area contributed by atoms with Crippen LogP contribution in [0.3, 0.4) is 0 Å². The predicted molar refractivity (Wildman–Crippen MR) is 414 cm³/mol. The molecular weight excluding hydrogens is 1320 g/mol. The monoisotopic (exact) mass is 1480 g/mol. The molecule has 0 rings (SSSR count). The number of hydrogen-bond acceptors (Lipinski definition) is 15. The predicted octanol–water partition coefficient (Wildman–Crippen LogP) is 24.5. The van der Waals surface area contributed by atoms with Crippen molar-refractivity contribution in [3.8, 4) is 0 Å². The van der Waals surface area contributed by atoms with Gasteiger partial charge in [-0.1, -0.05) is 376 Å². The number of phosphoric ester groups is 2. The molecule has 0 aliphatic rings. The fraction of sp³-hybridized carbons (Fsp3) is 0.951. The van der Waals surface area contributed by atoms with Crippen molar-refractivity contribution in [2.24, 2.45) is 17.8 Å². The van der Waals surface area contributed by atoms with E-state index in [-0.39, 0.29) is 25.7 Å². The summed E-state index contributed by atoms with van der Waals surface area (Å²) in [5, 5.41) is 10.7. The normalized spacial score (nSPS) is 14.5. The van der Waals surface area contributed by atoms with E-state index in [1.165, 1.54) is 238 Å². The second-order valence-corrected chi connectivity index (χ2v) is 33.4. The van der Waals surface area contributed by atoms with E-state index in [2.05, 4.69) is 48.5 Å². The third-order valence-corrected chi connectivity index (χ3v) is 21.8. The molecule has 0 saturated carbocycles. The minimum absolute atomic E-state index is 0.107. The highest BCUT2D eigenvalue weighted by Gasteiger charge is 2.30. The van der Waals surface area contributed by atoms with Crippen molar-refractivity contribution in [2.45, 2.75) is 446 Å². The summed E-state index contributed by atoms with van der Waals surface area (Å²) in [6.07, 6.45) is 60.8. The van der Waals surface area contributed by atoms with Gasteiger partial charge in [0.1, 0.15) is 19.3 Å². The van der Waals surface area contributed by atoms with Gasteiger partial charge in [0.15, 0.2) is 12.2 Å². The van der Waals surface area contributed by atoms with E-state index in [0.717, 1.165) is 108 Å². The SMILES string of the molecule is CCCCCCCCCCCCCCCC(=O)O[C@H](COC(=O)CCCCCCCCCCCC(C)C)COP(=O)(O)OC[C@H](O)COP(=O)(O)OC[C@@H](COC(=O)CCCCCCCCCCCCCCCCC(C)CC)OC(=O)CCCCCCCCCCCCCCCCC(C)CC. The van der Waals surface area contributed by atoms with Crippen molar-refractivity contribution in [3.63, 3.8) is 0 Å². The first-order valence-electron chi connectivity index (χ1n) is 42.4. The van der Waals surface area contributed by atoms with Gasteiger partial charge in [-0.15, -0.1) is 0 Å². The maximum Gasteiger partial charge on any atom is 0.472 e. The highest BCUT2D eigenvalue weighted by atomic mass is 31.2. The number of carbonyl (C=O) groups is 4. The third kappa shape index (κ3) is 73.4. The van der Waals surface area contributed by atoms with Crippen LogP contribution in [-0.2, 0) is 65.4 Å². The Morgan fingerprint density at radius 3 is 0.752 bits per heavy atom. The molecule has 0 bridgehead atoms. The zero-order valence-corrected chi connectivity index (χ0v) is 68.2. The number of hydrogen-bond donors (Lipinski definition) is 3. The summed E-state index contributed by atoms with van der Waals surface area (Å²) in [6.45, 7) is 12.0. The second-order valence-electron chi connectivity index (χ2n) is 30.5. The van der Waals surface area contributed by atoms with Gasteiger partial charge in [0.25, 0.3) is 0 Å². The first-order chi connectivity index (χ1) is 48.8. The van der Waals surface area contributed by atoms with Crippen molar-refractivity contribution < 1.29 is 80.2 Å². The van der Waals surface area contributed by atoms with Crippen LogP contribution in [0.4, 0.5) is 0 Å². The van der Waals surface area contributed by atoms with Crippen LogP contribution in [0.1, 0.15) is 427 Å². The lowest BCUT2D eigenvalue weighted by atomic mass is 9.99. The fourth-order valence-corrected chi connectivity index (χ4v) is 14.2. The van der Waals surface area contributed by atoms with E-state index in [9.17, 15) is 43.2 Å². The summed E-state index contributed by atoms with van der Waals surface area (Å²) in [5.41, 5.74) is 0. The molecule has 0 heterocycles. The number of aliphatic hydroxyl groups is 1. The molecule has 4 unspecified atom stereocenters. The molecule has 0 aromatic carbocycles. The van der Waals surface area contributed by atoms with Crippen molar-refractivity contribution in [2.75, 3.05) is 39.6 Å². The van der Waals surface area contributed by atoms with Crippen LogP contribution in [0.2, 0.25) is 0 Å². The summed E-state index contributed by atoms with van der Waals surface area (Å²) in [5.74, 6) is 0.332. The molecule has 17 nitrogen and oxygen atoms in total. The van der Waals surface area contributed by atoms with E-state index < -0.39 is 97.5 Å². The van der Waals surface area contributed by atoms with Gasteiger partial charge < -0.3 is 33.8 Å². The van der Waals surface area contributed by atoms with E-state index in [0.29, 0.717) is 25.7 Å². The van der Waals surface area contributed by atoms with E-state index in [4.69, 9.17) is 37.0 Å².